The molecule has 0 saturated carbocycles. The molecule has 2 amide bonds. The number of nitrogens with zero attached hydrogens (tertiary/aromatic N) is 1. The second-order valence-electron chi connectivity index (χ2n) is 4.69. The van der Waals surface area contributed by atoms with Crippen LogP contribution in [-0.2, 0) is 14.3 Å². The maximum atomic E-state index is 12.3. The number of benzene rings is 1. The fraction of sp³-hybridized carbons (Fsp3) is 0.312. The molecule has 2 rings (SSSR count). The van der Waals surface area contributed by atoms with Crippen LogP contribution < -0.4 is 4.74 Å². The molecule has 24 heavy (non-hydrogen) atoms. The summed E-state index contributed by atoms with van der Waals surface area (Å²) < 4.78 is 10.3. The Morgan fingerprint density at radius 1 is 1.29 bits per heavy atom. The summed E-state index contributed by atoms with van der Waals surface area (Å²) >= 11 is 6.75. The Balaban J connectivity index is 2.25. The summed E-state index contributed by atoms with van der Waals surface area (Å²) in [6.07, 6.45) is 1.53. The Bertz CT molecular complexity index is 704. The molecule has 0 bridgehead atoms. The summed E-state index contributed by atoms with van der Waals surface area (Å²) in [4.78, 5) is 36.9. The van der Waals surface area contributed by atoms with Crippen LogP contribution >= 0.6 is 23.4 Å². The first kappa shape index (κ1) is 18.4. The van der Waals surface area contributed by atoms with E-state index in [1.165, 1.54) is 6.08 Å². The average molecular weight is 370 g/mol. The van der Waals surface area contributed by atoms with Gasteiger partial charge in [0.05, 0.1) is 18.1 Å². The number of amides is 2. The minimum atomic E-state index is -0.626. The van der Waals surface area contributed by atoms with Gasteiger partial charge >= 0.3 is 5.97 Å². The number of imide groups is 1. The van der Waals surface area contributed by atoms with Gasteiger partial charge in [-0.15, -0.1) is 0 Å². The van der Waals surface area contributed by atoms with Gasteiger partial charge in [-0.3, -0.25) is 19.3 Å². The summed E-state index contributed by atoms with van der Waals surface area (Å²) in [6, 6.07) is 5.02. The number of rotatable bonds is 6. The van der Waals surface area contributed by atoms with Crippen molar-refractivity contribution in [1.29, 1.82) is 0 Å². The van der Waals surface area contributed by atoms with Crippen LogP contribution in [0.1, 0.15) is 19.4 Å². The zero-order chi connectivity index (χ0) is 17.7. The third kappa shape index (κ3) is 4.30. The van der Waals surface area contributed by atoms with Crippen LogP contribution in [0.4, 0.5) is 4.79 Å². The van der Waals surface area contributed by atoms with Gasteiger partial charge in [-0.1, -0.05) is 11.6 Å². The Labute approximate surface area is 148 Å². The van der Waals surface area contributed by atoms with Crippen molar-refractivity contribution in [3.8, 4) is 5.75 Å². The molecule has 6 nitrogen and oxygen atoms in total. The monoisotopic (exact) mass is 369 g/mol. The second kappa shape index (κ2) is 8.21. The zero-order valence-corrected chi connectivity index (χ0v) is 14.8. The lowest BCUT2D eigenvalue weighted by molar-refractivity contribution is -0.145. The summed E-state index contributed by atoms with van der Waals surface area (Å²) in [6.45, 7) is 3.73. The molecule has 0 atom stereocenters. The highest BCUT2D eigenvalue weighted by Gasteiger charge is 2.36. The molecule has 0 spiro atoms. The Morgan fingerprint density at radius 3 is 2.71 bits per heavy atom. The van der Waals surface area contributed by atoms with Crippen LogP contribution in [-0.4, -0.2) is 41.8 Å². The van der Waals surface area contributed by atoms with E-state index in [0.29, 0.717) is 22.9 Å². The van der Waals surface area contributed by atoms with Crippen LogP contribution in [0.2, 0.25) is 5.02 Å². The molecular weight excluding hydrogens is 354 g/mol. The van der Waals surface area contributed by atoms with Crippen LogP contribution in [0.5, 0.6) is 5.75 Å². The normalized spacial score (nSPS) is 16.0. The molecule has 0 unspecified atom stereocenters. The topological polar surface area (TPSA) is 72.9 Å². The van der Waals surface area contributed by atoms with Crippen molar-refractivity contribution in [1.82, 2.24) is 4.90 Å². The van der Waals surface area contributed by atoms with Crippen molar-refractivity contribution in [2.75, 3.05) is 19.8 Å². The van der Waals surface area contributed by atoms with Gasteiger partial charge in [-0.25, -0.2) is 0 Å². The van der Waals surface area contributed by atoms with Crippen molar-refractivity contribution in [3.63, 3.8) is 0 Å². The Hall–Kier alpha value is -1.99. The number of halogens is 1. The number of ether oxygens (including phenoxy) is 2. The number of esters is 1. The van der Waals surface area contributed by atoms with E-state index in [4.69, 9.17) is 21.1 Å². The molecule has 1 heterocycles. The van der Waals surface area contributed by atoms with E-state index in [2.05, 4.69) is 0 Å². The second-order valence-corrected chi connectivity index (χ2v) is 6.12. The number of carbonyl (C=O) groups excluding carboxylic acids is 3. The molecule has 128 valence electrons. The van der Waals surface area contributed by atoms with Gasteiger partial charge in [0.15, 0.2) is 0 Å². The first-order chi connectivity index (χ1) is 11.5. The smallest absolute Gasteiger partial charge is 0.326 e. The lowest BCUT2D eigenvalue weighted by Gasteiger charge is -2.11. The minimum absolute atomic E-state index is 0.186. The van der Waals surface area contributed by atoms with Gasteiger partial charge in [0, 0.05) is 10.6 Å². The summed E-state index contributed by atoms with van der Waals surface area (Å²) in [5.41, 5.74) is 0.589. The van der Waals surface area contributed by atoms with E-state index < -0.39 is 23.7 Å². The molecule has 1 aliphatic rings. The van der Waals surface area contributed by atoms with Gasteiger partial charge < -0.3 is 9.47 Å². The standard InChI is InChI=1S/C16H16ClNO5S/c1-3-22-12-6-5-11(17)7-10(12)8-13-15(20)18(16(21)24-13)9-14(19)23-4-2/h5-8H,3-4,9H2,1-2H3/b13-8-. The van der Waals surface area contributed by atoms with Gasteiger partial charge in [-0.2, -0.15) is 0 Å². The molecular formula is C16H16ClNO5S. The van der Waals surface area contributed by atoms with Crippen molar-refractivity contribution >= 4 is 46.6 Å². The largest absolute Gasteiger partial charge is 0.493 e. The van der Waals surface area contributed by atoms with Crippen molar-refractivity contribution in [3.05, 3.63) is 33.7 Å². The van der Waals surface area contributed by atoms with Crippen LogP contribution in [0.3, 0.4) is 0 Å². The van der Waals surface area contributed by atoms with E-state index in [1.54, 1.807) is 25.1 Å². The molecule has 8 heteroatoms. The van der Waals surface area contributed by atoms with Crippen molar-refractivity contribution in [2.45, 2.75) is 13.8 Å². The Kier molecular flexibility index (Phi) is 6.28. The van der Waals surface area contributed by atoms with Gasteiger partial charge in [0.1, 0.15) is 12.3 Å². The third-order valence-corrected chi connectivity index (χ3v) is 4.17. The fourth-order valence-electron chi connectivity index (χ4n) is 2.03. The molecule has 1 aromatic carbocycles. The molecule has 1 aliphatic heterocycles. The van der Waals surface area contributed by atoms with E-state index in [-0.39, 0.29) is 11.5 Å². The van der Waals surface area contributed by atoms with Crippen molar-refractivity contribution in [2.24, 2.45) is 0 Å². The molecule has 1 saturated heterocycles. The highest BCUT2D eigenvalue weighted by atomic mass is 35.5. The molecule has 0 aromatic heterocycles. The minimum Gasteiger partial charge on any atom is -0.493 e. The number of hydrogen-bond donors (Lipinski definition) is 0. The molecule has 0 aliphatic carbocycles. The first-order valence-electron chi connectivity index (χ1n) is 7.29. The maximum Gasteiger partial charge on any atom is 0.326 e. The molecule has 1 fully saturated rings. The lowest BCUT2D eigenvalue weighted by atomic mass is 10.2. The molecule has 0 N–H and O–H groups in total. The molecule has 0 radical (unpaired) electrons. The Morgan fingerprint density at radius 2 is 2.04 bits per heavy atom. The third-order valence-electron chi connectivity index (χ3n) is 3.02. The van der Waals surface area contributed by atoms with Crippen LogP contribution in [0.15, 0.2) is 23.1 Å². The predicted molar refractivity (Wildman–Crippen MR) is 91.9 cm³/mol. The van der Waals surface area contributed by atoms with E-state index >= 15 is 0 Å². The quantitative estimate of drug-likeness (QED) is 0.565. The van der Waals surface area contributed by atoms with Crippen LogP contribution in [0, 0.1) is 0 Å². The summed E-state index contributed by atoms with van der Waals surface area (Å²) in [5, 5.41) is -0.0326. The summed E-state index contributed by atoms with van der Waals surface area (Å²) in [7, 11) is 0. The lowest BCUT2D eigenvalue weighted by Crippen LogP contribution is -2.34. The van der Waals surface area contributed by atoms with Gasteiger partial charge in [-0.05, 0) is 49.9 Å². The van der Waals surface area contributed by atoms with Gasteiger partial charge in [0.2, 0.25) is 0 Å². The van der Waals surface area contributed by atoms with E-state index in [9.17, 15) is 14.4 Å². The molecule has 1 aromatic rings. The van der Waals surface area contributed by atoms with Gasteiger partial charge in [0.25, 0.3) is 11.1 Å². The van der Waals surface area contributed by atoms with E-state index in [1.807, 2.05) is 6.92 Å². The average Bonchev–Trinajstić information content (AvgIpc) is 2.78. The zero-order valence-electron chi connectivity index (χ0n) is 13.2. The maximum absolute atomic E-state index is 12.3. The fourth-order valence-corrected chi connectivity index (χ4v) is 3.04. The number of carbonyl (C=O) groups is 3. The highest BCUT2D eigenvalue weighted by Crippen LogP contribution is 2.34. The van der Waals surface area contributed by atoms with Crippen molar-refractivity contribution < 1.29 is 23.9 Å². The predicted octanol–water partition coefficient (Wildman–Crippen LogP) is 3.34. The van der Waals surface area contributed by atoms with E-state index in [0.717, 1.165) is 16.7 Å². The highest BCUT2D eigenvalue weighted by molar-refractivity contribution is 8.18. The first-order valence-corrected chi connectivity index (χ1v) is 8.49. The SMILES string of the molecule is CCOC(=O)CN1C(=O)S/C(=C\c2cc(Cl)ccc2OCC)C1=O. The summed E-state index contributed by atoms with van der Waals surface area (Å²) in [5.74, 6) is -0.613. The number of thioether (sulfide) groups is 1. The van der Waals surface area contributed by atoms with Crippen LogP contribution in [0.25, 0.3) is 6.08 Å². The number of hydrogen-bond acceptors (Lipinski definition) is 6.